The first-order valence-corrected chi connectivity index (χ1v) is 7.49. The van der Waals surface area contributed by atoms with Crippen molar-refractivity contribution in [2.75, 3.05) is 11.9 Å². The first kappa shape index (κ1) is 12.7. The van der Waals surface area contributed by atoms with Gasteiger partial charge in [0, 0.05) is 28.8 Å². The quantitative estimate of drug-likeness (QED) is 0.859. The van der Waals surface area contributed by atoms with E-state index in [1.54, 1.807) is 0 Å². The van der Waals surface area contributed by atoms with Crippen LogP contribution in [0.3, 0.4) is 0 Å². The van der Waals surface area contributed by atoms with E-state index in [0.717, 1.165) is 28.4 Å². The Bertz CT molecular complexity index is 562. The smallest absolute Gasteiger partial charge is 0.0737 e. The molecular formula is C16H19ClN2. The molecule has 0 saturated heterocycles. The van der Waals surface area contributed by atoms with Crippen molar-refractivity contribution in [2.45, 2.75) is 32.1 Å². The molecule has 0 aliphatic heterocycles. The number of nitrogens with one attached hydrogen (secondary N) is 1. The highest BCUT2D eigenvalue weighted by Crippen LogP contribution is 2.28. The van der Waals surface area contributed by atoms with Gasteiger partial charge in [-0.1, -0.05) is 37.3 Å². The summed E-state index contributed by atoms with van der Waals surface area (Å²) < 4.78 is 0. The number of pyridine rings is 1. The second kappa shape index (κ2) is 5.79. The number of anilines is 1. The van der Waals surface area contributed by atoms with E-state index in [1.165, 1.54) is 37.8 Å². The molecule has 1 heterocycles. The highest BCUT2D eigenvalue weighted by molar-refractivity contribution is 6.31. The number of benzene rings is 1. The molecule has 19 heavy (non-hydrogen) atoms. The third-order valence-corrected chi connectivity index (χ3v) is 4.28. The summed E-state index contributed by atoms with van der Waals surface area (Å²) in [5, 5.41) is 5.44. The van der Waals surface area contributed by atoms with E-state index in [2.05, 4.69) is 10.3 Å². The van der Waals surface area contributed by atoms with E-state index >= 15 is 0 Å². The number of hydrogen-bond donors (Lipinski definition) is 1. The zero-order valence-corrected chi connectivity index (χ0v) is 11.8. The van der Waals surface area contributed by atoms with Crippen LogP contribution >= 0.6 is 11.6 Å². The fourth-order valence-corrected chi connectivity index (χ4v) is 3.15. The topological polar surface area (TPSA) is 24.9 Å². The second-order valence-electron chi connectivity index (χ2n) is 5.39. The number of hydrogen-bond acceptors (Lipinski definition) is 2. The van der Waals surface area contributed by atoms with Gasteiger partial charge in [-0.3, -0.25) is 4.98 Å². The number of rotatable bonds is 4. The molecule has 100 valence electrons. The van der Waals surface area contributed by atoms with Crippen LogP contribution in [-0.4, -0.2) is 11.5 Å². The van der Waals surface area contributed by atoms with Crippen molar-refractivity contribution in [1.29, 1.82) is 0 Å². The Morgan fingerprint density at radius 2 is 2.05 bits per heavy atom. The third-order valence-electron chi connectivity index (χ3n) is 4.05. The Morgan fingerprint density at radius 1 is 1.21 bits per heavy atom. The number of halogens is 1. The molecule has 3 heteroatoms. The Balaban J connectivity index is 1.70. The van der Waals surface area contributed by atoms with Crippen LogP contribution in [0, 0.1) is 5.92 Å². The molecule has 0 spiro atoms. The summed E-state index contributed by atoms with van der Waals surface area (Å²) in [5.41, 5.74) is 2.12. The minimum absolute atomic E-state index is 0.739. The zero-order valence-electron chi connectivity index (χ0n) is 11.0. The molecule has 1 aliphatic rings. The van der Waals surface area contributed by atoms with Gasteiger partial charge in [0.1, 0.15) is 0 Å². The second-order valence-corrected chi connectivity index (χ2v) is 5.82. The van der Waals surface area contributed by atoms with Gasteiger partial charge in [-0.05, 0) is 36.6 Å². The molecule has 1 aromatic heterocycles. The molecule has 1 aliphatic carbocycles. The SMILES string of the molecule is Clc1ccc2c(NCCC3CCCC3)ccnc2c1. The van der Waals surface area contributed by atoms with E-state index in [1.807, 2.05) is 30.5 Å². The molecule has 2 aromatic rings. The fourth-order valence-electron chi connectivity index (χ4n) is 2.99. The normalized spacial score (nSPS) is 16.1. The van der Waals surface area contributed by atoms with Crippen LogP contribution < -0.4 is 5.32 Å². The molecule has 1 N–H and O–H groups in total. The van der Waals surface area contributed by atoms with E-state index in [0.29, 0.717) is 0 Å². The summed E-state index contributed by atoms with van der Waals surface area (Å²) in [4.78, 5) is 4.36. The molecule has 1 fully saturated rings. The van der Waals surface area contributed by atoms with Crippen molar-refractivity contribution >= 4 is 28.2 Å². The molecule has 0 unspecified atom stereocenters. The third kappa shape index (κ3) is 3.01. The molecular weight excluding hydrogens is 256 g/mol. The molecule has 0 radical (unpaired) electrons. The average molecular weight is 275 g/mol. The number of nitrogens with zero attached hydrogens (tertiary/aromatic N) is 1. The lowest BCUT2D eigenvalue weighted by Crippen LogP contribution is -2.07. The molecule has 0 bridgehead atoms. The van der Waals surface area contributed by atoms with Crippen molar-refractivity contribution in [3.8, 4) is 0 Å². The minimum atomic E-state index is 0.739. The lowest BCUT2D eigenvalue weighted by atomic mass is 10.0. The molecule has 2 nitrogen and oxygen atoms in total. The van der Waals surface area contributed by atoms with Crippen LogP contribution in [-0.2, 0) is 0 Å². The lowest BCUT2D eigenvalue weighted by molar-refractivity contribution is 0.519. The number of fused-ring (bicyclic) bond motifs is 1. The van der Waals surface area contributed by atoms with Gasteiger partial charge in [0.05, 0.1) is 5.52 Å². The maximum atomic E-state index is 6.00. The summed E-state index contributed by atoms with van der Waals surface area (Å²) in [6.07, 6.45) is 8.78. The predicted octanol–water partition coefficient (Wildman–Crippen LogP) is 4.88. The van der Waals surface area contributed by atoms with Crippen molar-refractivity contribution in [3.63, 3.8) is 0 Å². The van der Waals surface area contributed by atoms with E-state index in [4.69, 9.17) is 11.6 Å². The van der Waals surface area contributed by atoms with Crippen LogP contribution in [0.5, 0.6) is 0 Å². The van der Waals surface area contributed by atoms with Gasteiger partial charge in [-0.25, -0.2) is 0 Å². The monoisotopic (exact) mass is 274 g/mol. The van der Waals surface area contributed by atoms with Crippen molar-refractivity contribution < 1.29 is 0 Å². The average Bonchev–Trinajstić information content (AvgIpc) is 2.92. The Hall–Kier alpha value is -1.28. The summed E-state index contributed by atoms with van der Waals surface area (Å²) in [6, 6.07) is 7.93. The van der Waals surface area contributed by atoms with Gasteiger partial charge < -0.3 is 5.32 Å². The van der Waals surface area contributed by atoms with Gasteiger partial charge >= 0.3 is 0 Å². The summed E-state index contributed by atoms with van der Waals surface area (Å²) in [6.45, 7) is 1.05. The van der Waals surface area contributed by atoms with Crippen molar-refractivity contribution in [1.82, 2.24) is 4.98 Å². The fraction of sp³-hybridized carbons (Fsp3) is 0.438. The molecule has 3 rings (SSSR count). The Labute approximate surface area is 119 Å². The summed E-state index contributed by atoms with van der Waals surface area (Å²) >= 11 is 6.00. The maximum absolute atomic E-state index is 6.00. The summed E-state index contributed by atoms with van der Waals surface area (Å²) in [5.74, 6) is 0.926. The van der Waals surface area contributed by atoms with Crippen molar-refractivity contribution in [2.24, 2.45) is 5.92 Å². The van der Waals surface area contributed by atoms with Crippen LogP contribution in [0.2, 0.25) is 5.02 Å². The van der Waals surface area contributed by atoms with Crippen molar-refractivity contribution in [3.05, 3.63) is 35.5 Å². The lowest BCUT2D eigenvalue weighted by Gasteiger charge is -2.12. The zero-order chi connectivity index (χ0) is 13.1. The van der Waals surface area contributed by atoms with Crippen LogP contribution in [0.25, 0.3) is 10.9 Å². The maximum Gasteiger partial charge on any atom is 0.0737 e. The standard InChI is InChI=1S/C16H19ClN2/c17-13-5-6-14-15(8-10-19-16(14)11-13)18-9-7-12-3-1-2-4-12/h5-6,8,10-12H,1-4,7,9H2,(H,18,19). The van der Waals surface area contributed by atoms with Gasteiger partial charge in [0.15, 0.2) is 0 Å². The van der Waals surface area contributed by atoms with Crippen LogP contribution in [0.4, 0.5) is 5.69 Å². The first-order valence-electron chi connectivity index (χ1n) is 7.11. The van der Waals surface area contributed by atoms with Crippen LogP contribution in [0.15, 0.2) is 30.5 Å². The van der Waals surface area contributed by atoms with E-state index in [-0.39, 0.29) is 0 Å². The highest BCUT2D eigenvalue weighted by atomic mass is 35.5. The highest BCUT2D eigenvalue weighted by Gasteiger charge is 2.14. The minimum Gasteiger partial charge on any atom is -0.384 e. The number of aromatic nitrogens is 1. The van der Waals surface area contributed by atoms with Gasteiger partial charge in [-0.15, -0.1) is 0 Å². The molecule has 0 atom stereocenters. The molecule has 1 aromatic carbocycles. The molecule has 1 saturated carbocycles. The predicted molar refractivity (Wildman–Crippen MR) is 81.8 cm³/mol. The van der Waals surface area contributed by atoms with Crippen LogP contribution in [0.1, 0.15) is 32.1 Å². The van der Waals surface area contributed by atoms with E-state index < -0.39 is 0 Å². The van der Waals surface area contributed by atoms with Gasteiger partial charge in [0.25, 0.3) is 0 Å². The first-order chi connectivity index (χ1) is 9.33. The largest absolute Gasteiger partial charge is 0.384 e. The van der Waals surface area contributed by atoms with Gasteiger partial charge in [0.2, 0.25) is 0 Å². The van der Waals surface area contributed by atoms with E-state index in [9.17, 15) is 0 Å². The Morgan fingerprint density at radius 3 is 2.89 bits per heavy atom. The van der Waals surface area contributed by atoms with Gasteiger partial charge in [-0.2, -0.15) is 0 Å². The Kier molecular flexibility index (Phi) is 3.88. The molecule has 0 amide bonds. The summed E-state index contributed by atoms with van der Waals surface area (Å²) in [7, 11) is 0.